The van der Waals surface area contributed by atoms with E-state index in [0.717, 1.165) is 5.56 Å². The van der Waals surface area contributed by atoms with Gasteiger partial charge < -0.3 is 9.84 Å². The average molecular weight is 464 g/mol. The minimum atomic E-state index is -3.67. The zero-order valence-corrected chi connectivity index (χ0v) is 19.8. The lowest BCUT2D eigenvalue weighted by molar-refractivity contribution is -0.139. The monoisotopic (exact) mass is 463 g/mol. The Morgan fingerprint density at radius 2 is 1.77 bits per heavy atom. The second-order valence-corrected chi connectivity index (χ2v) is 10.9. The molecule has 0 atom stereocenters. The van der Waals surface area contributed by atoms with Gasteiger partial charge in [-0.3, -0.25) is 0 Å². The van der Waals surface area contributed by atoms with Crippen molar-refractivity contribution < 1.29 is 23.1 Å². The molecular weight excluding hydrogens is 438 g/mol. The molecule has 0 aliphatic rings. The van der Waals surface area contributed by atoms with E-state index in [4.69, 9.17) is 21.4 Å². The number of rotatable bonds is 6. The molecule has 0 radical (unpaired) electrons. The molecule has 0 saturated carbocycles. The molecule has 0 heterocycles. The summed E-state index contributed by atoms with van der Waals surface area (Å²) < 4.78 is 32.6. The fraction of sp³-hybridized carbons (Fsp3) is 0.348. The van der Waals surface area contributed by atoms with Crippen molar-refractivity contribution in [3.8, 4) is 17.6 Å². The molecule has 0 bridgehead atoms. The molecule has 1 N–H and O–H groups in total. The van der Waals surface area contributed by atoms with Gasteiger partial charge >= 0.3 is 5.97 Å². The van der Waals surface area contributed by atoms with E-state index in [1.807, 2.05) is 27.7 Å². The van der Waals surface area contributed by atoms with E-state index in [0.29, 0.717) is 22.7 Å². The van der Waals surface area contributed by atoms with Gasteiger partial charge in [-0.25, -0.2) is 17.5 Å². The summed E-state index contributed by atoms with van der Waals surface area (Å²) in [5.41, 5.74) is 1.56. The predicted octanol–water partition coefficient (Wildman–Crippen LogP) is 4.18. The Morgan fingerprint density at radius 1 is 1.13 bits per heavy atom. The maximum atomic E-state index is 13.0. The number of sulfonamides is 1. The van der Waals surface area contributed by atoms with Crippen LogP contribution in [0.25, 0.3) is 0 Å². The number of carboxylic acids is 1. The lowest BCUT2D eigenvalue weighted by Crippen LogP contribution is -2.34. The zero-order chi connectivity index (χ0) is 23.4. The first kappa shape index (κ1) is 24.7. The number of halogens is 1. The van der Waals surface area contributed by atoms with Crippen LogP contribution in [0.2, 0.25) is 5.02 Å². The minimum Gasteiger partial charge on any atom is -0.481 e. The first-order valence-electron chi connectivity index (χ1n) is 9.53. The predicted molar refractivity (Wildman–Crippen MR) is 121 cm³/mol. The van der Waals surface area contributed by atoms with Crippen LogP contribution in [0.1, 0.15) is 37.5 Å². The Balaban J connectivity index is 2.43. The molecule has 2 rings (SSSR count). The summed E-state index contributed by atoms with van der Waals surface area (Å²) in [4.78, 5) is 11.0. The van der Waals surface area contributed by atoms with Gasteiger partial charge in [0, 0.05) is 24.2 Å². The quantitative estimate of drug-likeness (QED) is 0.650. The molecule has 0 amide bonds. The van der Waals surface area contributed by atoms with E-state index in [1.165, 1.54) is 4.31 Å². The summed E-state index contributed by atoms with van der Waals surface area (Å²) in [5.74, 6) is 5.06. The standard InChI is InChI=1S/C23H26ClNO5S/c1-16-6-10-20(31(28,29)25(5)15-23(2,3)4)13-17(16)7-8-18-12-19(24)9-11-21(18)30-14-22(26)27/h6,9-13H,14-15H2,1-5H3,(H,26,27). The van der Waals surface area contributed by atoms with Crippen LogP contribution in [-0.2, 0) is 14.8 Å². The maximum Gasteiger partial charge on any atom is 0.341 e. The molecule has 0 aromatic heterocycles. The molecule has 0 saturated heterocycles. The van der Waals surface area contributed by atoms with Crippen molar-refractivity contribution in [1.82, 2.24) is 4.31 Å². The van der Waals surface area contributed by atoms with E-state index in [9.17, 15) is 13.2 Å². The van der Waals surface area contributed by atoms with Crippen molar-refractivity contribution in [2.45, 2.75) is 32.6 Å². The van der Waals surface area contributed by atoms with E-state index >= 15 is 0 Å². The number of carboxylic acid groups (broad SMARTS) is 1. The SMILES string of the molecule is Cc1ccc(S(=O)(=O)N(C)CC(C)(C)C)cc1C#Cc1cc(Cl)ccc1OCC(=O)O. The summed E-state index contributed by atoms with van der Waals surface area (Å²) in [6.07, 6.45) is 0. The maximum absolute atomic E-state index is 13.0. The van der Waals surface area contributed by atoms with Crippen molar-refractivity contribution in [1.29, 1.82) is 0 Å². The minimum absolute atomic E-state index is 0.155. The first-order valence-corrected chi connectivity index (χ1v) is 11.3. The van der Waals surface area contributed by atoms with Crippen LogP contribution in [0.15, 0.2) is 41.3 Å². The van der Waals surface area contributed by atoms with Crippen molar-refractivity contribution in [3.63, 3.8) is 0 Å². The molecule has 166 valence electrons. The van der Waals surface area contributed by atoms with Gasteiger partial charge in [-0.2, -0.15) is 0 Å². The fourth-order valence-corrected chi connectivity index (χ4v) is 4.43. The molecule has 0 unspecified atom stereocenters. The summed E-state index contributed by atoms with van der Waals surface area (Å²) >= 11 is 6.04. The van der Waals surface area contributed by atoms with Gasteiger partial charge in [-0.05, 0) is 48.2 Å². The number of carbonyl (C=O) groups is 1. The van der Waals surface area contributed by atoms with Crippen LogP contribution in [0.5, 0.6) is 5.75 Å². The van der Waals surface area contributed by atoms with Gasteiger partial charge in [0.2, 0.25) is 10.0 Å². The Bertz CT molecular complexity index is 1140. The number of hydrogen-bond donors (Lipinski definition) is 1. The molecular formula is C23H26ClNO5S. The highest BCUT2D eigenvalue weighted by molar-refractivity contribution is 7.89. The highest BCUT2D eigenvalue weighted by Crippen LogP contribution is 2.24. The number of aryl methyl sites for hydroxylation is 1. The van der Waals surface area contributed by atoms with Gasteiger partial charge in [-0.15, -0.1) is 0 Å². The number of hydrogen-bond acceptors (Lipinski definition) is 4. The third-order valence-corrected chi connectivity index (χ3v) is 6.27. The van der Waals surface area contributed by atoms with Crippen LogP contribution in [-0.4, -0.2) is 44.0 Å². The van der Waals surface area contributed by atoms with Gasteiger partial charge in [-0.1, -0.05) is 50.3 Å². The normalized spacial score (nSPS) is 11.7. The summed E-state index contributed by atoms with van der Waals surface area (Å²) in [5, 5.41) is 9.26. The number of aliphatic carboxylic acids is 1. The first-order chi connectivity index (χ1) is 14.3. The Hall–Kier alpha value is -2.53. The van der Waals surface area contributed by atoms with Gasteiger partial charge in [0.25, 0.3) is 0 Å². The Kier molecular flexibility index (Phi) is 7.77. The highest BCUT2D eigenvalue weighted by atomic mass is 35.5. The second kappa shape index (κ2) is 9.73. The van der Waals surface area contributed by atoms with E-state index in [2.05, 4.69) is 11.8 Å². The average Bonchev–Trinajstić information content (AvgIpc) is 2.64. The van der Waals surface area contributed by atoms with Crippen molar-refractivity contribution in [2.24, 2.45) is 5.41 Å². The van der Waals surface area contributed by atoms with Crippen LogP contribution >= 0.6 is 11.6 Å². The number of ether oxygens (including phenoxy) is 1. The molecule has 2 aromatic carbocycles. The zero-order valence-electron chi connectivity index (χ0n) is 18.2. The van der Waals surface area contributed by atoms with Crippen molar-refractivity contribution >= 4 is 27.6 Å². The summed E-state index contributed by atoms with van der Waals surface area (Å²) in [7, 11) is -2.11. The third-order valence-electron chi connectivity index (χ3n) is 4.24. The molecule has 6 nitrogen and oxygen atoms in total. The topological polar surface area (TPSA) is 83.9 Å². The van der Waals surface area contributed by atoms with Crippen molar-refractivity contribution in [2.75, 3.05) is 20.2 Å². The molecule has 31 heavy (non-hydrogen) atoms. The molecule has 0 fully saturated rings. The second-order valence-electron chi connectivity index (χ2n) is 8.37. The lowest BCUT2D eigenvalue weighted by atomic mass is 9.97. The summed E-state index contributed by atoms with van der Waals surface area (Å²) in [6, 6.07) is 9.51. The molecule has 2 aromatic rings. The fourth-order valence-electron chi connectivity index (χ4n) is 2.83. The third kappa shape index (κ3) is 7.00. The summed E-state index contributed by atoms with van der Waals surface area (Å²) in [6.45, 7) is 7.61. The van der Waals surface area contributed by atoms with Crippen LogP contribution in [0.3, 0.4) is 0 Å². The largest absolute Gasteiger partial charge is 0.481 e. The van der Waals surface area contributed by atoms with E-state index in [-0.39, 0.29) is 16.1 Å². The number of benzene rings is 2. The molecule has 0 aliphatic heterocycles. The molecule has 0 spiro atoms. The van der Waals surface area contributed by atoms with E-state index < -0.39 is 22.6 Å². The van der Waals surface area contributed by atoms with Crippen molar-refractivity contribution in [3.05, 3.63) is 58.1 Å². The van der Waals surface area contributed by atoms with Crippen LogP contribution in [0.4, 0.5) is 0 Å². The van der Waals surface area contributed by atoms with Crippen LogP contribution < -0.4 is 4.74 Å². The number of nitrogens with zero attached hydrogens (tertiary/aromatic N) is 1. The smallest absolute Gasteiger partial charge is 0.341 e. The van der Waals surface area contributed by atoms with Gasteiger partial charge in [0.15, 0.2) is 6.61 Å². The van der Waals surface area contributed by atoms with Gasteiger partial charge in [0.05, 0.1) is 10.5 Å². The van der Waals surface area contributed by atoms with Crippen LogP contribution in [0, 0.1) is 24.2 Å². The Labute approximate surface area is 188 Å². The van der Waals surface area contributed by atoms with Gasteiger partial charge in [0.1, 0.15) is 5.75 Å². The molecule has 8 heteroatoms. The Morgan fingerprint density at radius 3 is 2.39 bits per heavy atom. The van der Waals surface area contributed by atoms with E-state index in [1.54, 1.807) is 43.4 Å². The highest BCUT2D eigenvalue weighted by Gasteiger charge is 2.25. The lowest BCUT2D eigenvalue weighted by Gasteiger charge is -2.26. The molecule has 0 aliphatic carbocycles.